The van der Waals surface area contributed by atoms with Crippen molar-refractivity contribution < 1.29 is 22.0 Å². The molecule has 24 heavy (non-hydrogen) atoms. The van der Waals surface area contributed by atoms with Crippen molar-refractivity contribution in [2.75, 3.05) is 18.9 Å². The van der Waals surface area contributed by atoms with Gasteiger partial charge < -0.3 is 0 Å². The first-order valence-electron chi connectivity index (χ1n) is 6.33. The van der Waals surface area contributed by atoms with Gasteiger partial charge in [0.25, 0.3) is 6.43 Å². The van der Waals surface area contributed by atoms with Gasteiger partial charge in [-0.2, -0.15) is 4.31 Å². The Hall–Kier alpha value is -1.50. The third-order valence-corrected chi connectivity index (χ3v) is 5.95. The van der Waals surface area contributed by atoms with Crippen LogP contribution in [0.1, 0.15) is 11.4 Å². The maximum atomic E-state index is 12.4. The molecule has 0 aliphatic rings. The van der Waals surface area contributed by atoms with E-state index in [0.717, 1.165) is 4.31 Å². The summed E-state index contributed by atoms with van der Waals surface area (Å²) < 4.78 is 51.0. The van der Waals surface area contributed by atoms with Crippen LogP contribution >= 0.6 is 27.3 Å². The summed E-state index contributed by atoms with van der Waals surface area (Å²) in [5.41, 5.74) is 0. The van der Waals surface area contributed by atoms with Crippen LogP contribution in [-0.4, -0.2) is 42.4 Å². The lowest BCUT2D eigenvalue weighted by Gasteiger charge is -2.16. The zero-order chi connectivity index (χ0) is 17.9. The highest BCUT2D eigenvalue weighted by atomic mass is 79.9. The van der Waals surface area contributed by atoms with Crippen LogP contribution in [-0.2, 0) is 14.8 Å². The summed E-state index contributed by atoms with van der Waals surface area (Å²) >= 11 is 3.73. The fourth-order valence-corrected chi connectivity index (χ4v) is 3.61. The molecule has 0 unspecified atom stereocenters. The first-order valence-corrected chi connectivity index (χ1v) is 9.38. The van der Waals surface area contributed by atoms with E-state index in [1.165, 1.54) is 19.2 Å². The zero-order valence-electron chi connectivity index (χ0n) is 12.1. The van der Waals surface area contributed by atoms with Crippen molar-refractivity contribution in [1.29, 1.82) is 0 Å². The largest absolute Gasteiger partial charge is 0.299 e. The summed E-state index contributed by atoms with van der Waals surface area (Å²) in [4.78, 5) is 11.9. The molecule has 0 atom stereocenters. The van der Waals surface area contributed by atoms with Gasteiger partial charge in [0.05, 0.1) is 11.4 Å². The molecule has 2 aromatic rings. The number of carbonyl (C=O) groups is 1. The number of benzene rings is 1. The Morgan fingerprint density at radius 3 is 2.50 bits per heavy atom. The molecule has 130 valence electrons. The van der Waals surface area contributed by atoms with E-state index in [9.17, 15) is 22.0 Å². The van der Waals surface area contributed by atoms with Gasteiger partial charge in [0.15, 0.2) is 5.01 Å². The highest BCUT2D eigenvalue weighted by Crippen LogP contribution is 2.25. The molecule has 7 nitrogen and oxygen atoms in total. The molecule has 0 bridgehead atoms. The Balaban J connectivity index is 2.03. The van der Waals surface area contributed by atoms with Gasteiger partial charge in [0.1, 0.15) is 0 Å². The van der Waals surface area contributed by atoms with E-state index in [2.05, 4.69) is 31.4 Å². The number of nitrogens with one attached hydrogen (secondary N) is 1. The molecular weight excluding hydrogens is 430 g/mol. The number of hydrogen-bond donors (Lipinski definition) is 1. The van der Waals surface area contributed by atoms with Crippen molar-refractivity contribution in [3.05, 3.63) is 33.7 Å². The number of rotatable bonds is 6. The van der Waals surface area contributed by atoms with Crippen molar-refractivity contribution in [3.8, 4) is 0 Å². The zero-order valence-corrected chi connectivity index (χ0v) is 15.3. The van der Waals surface area contributed by atoms with Crippen LogP contribution < -0.4 is 5.32 Å². The van der Waals surface area contributed by atoms with Gasteiger partial charge in [0.2, 0.25) is 21.1 Å². The normalized spacial score (nSPS) is 11.9. The number of sulfonamides is 1. The summed E-state index contributed by atoms with van der Waals surface area (Å²) in [5.74, 6) is -0.713. The lowest BCUT2D eigenvalue weighted by molar-refractivity contribution is -0.116. The number of alkyl halides is 2. The topological polar surface area (TPSA) is 92.3 Å². The van der Waals surface area contributed by atoms with E-state index in [1.807, 2.05) is 0 Å². The van der Waals surface area contributed by atoms with E-state index in [1.54, 1.807) is 12.1 Å². The predicted molar refractivity (Wildman–Crippen MR) is 87.5 cm³/mol. The number of amides is 1. The number of anilines is 1. The highest BCUT2D eigenvalue weighted by Gasteiger charge is 2.23. The van der Waals surface area contributed by atoms with Crippen molar-refractivity contribution in [2.24, 2.45) is 0 Å². The predicted octanol–water partition coefficient (Wildman–Crippen LogP) is 2.50. The smallest absolute Gasteiger partial charge is 0.291 e. The second-order valence-electron chi connectivity index (χ2n) is 4.51. The monoisotopic (exact) mass is 440 g/mol. The van der Waals surface area contributed by atoms with Crippen molar-refractivity contribution in [2.45, 2.75) is 11.3 Å². The Bertz CT molecular complexity index is 827. The fourth-order valence-electron chi connectivity index (χ4n) is 1.61. The maximum absolute atomic E-state index is 12.4. The minimum Gasteiger partial charge on any atom is -0.299 e. The third kappa shape index (κ3) is 4.53. The van der Waals surface area contributed by atoms with Crippen LogP contribution in [0, 0.1) is 0 Å². The second-order valence-corrected chi connectivity index (χ2v) is 8.48. The standard InChI is InChI=1S/C12H11BrF2N4O3S2/c1-19(24(21,22)8-4-2-7(13)3-5-8)6-9(20)16-12-18-17-11(23-12)10(14)15/h2-5,10H,6H2,1H3,(H,16,18,20). The first-order chi connectivity index (χ1) is 11.2. The molecule has 0 aliphatic heterocycles. The van der Waals surface area contributed by atoms with Crippen molar-refractivity contribution in [3.63, 3.8) is 0 Å². The Labute approximate surface area is 148 Å². The van der Waals surface area contributed by atoms with E-state index in [4.69, 9.17) is 0 Å². The summed E-state index contributed by atoms with van der Waals surface area (Å²) in [7, 11) is -2.61. The Kier molecular flexibility index (Phi) is 5.96. The van der Waals surface area contributed by atoms with E-state index in [-0.39, 0.29) is 10.0 Å². The lowest BCUT2D eigenvalue weighted by atomic mass is 10.4. The van der Waals surface area contributed by atoms with Crippen LogP contribution in [0.4, 0.5) is 13.9 Å². The molecule has 0 fully saturated rings. The summed E-state index contributed by atoms with van der Waals surface area (Å²) in [5, 5.41) is 8.21. The summed E-state index contributed by atoms with van der Waals surface area (Å²) in [6.07, 6.45) is -2.78. The van der Waals surface area contributed by atoms with Crippen molar-refractivity contribution >= 4 is 48.3 Å². The molecule has 0 spiro atoms. The SMILES string of the molecule is CN(CC(=O)Nc1nnc(C(F)F)s1)S(=O)(=O)c1ccc(Br)cc1. The number of hydrogen-bond acceptors (Lipinski definition) is 6. The van der Waals surface area contributed by atoms with E-state index in [0.29, 0.717) is 15.8 Å². The molecule has 1 heterocycles. The molecule has 2 rings (SSSR count). The number of aromatic nitrogens is 2. The Morgan fingerprint density at radius 1 is 1.33 bits per heavy atom. The van der Waals surface area contributed by atoms with Crippen LogP contribution in [0.15, 0.2) is 33.6 Å². The van der Waals surface area contributed by atoms with Gasteiger partial charge in [-0.3, -0.25) is 10.1 Å². The number of halogens is 3. The molecule has 0 saturated carbocycles. The fraction of sp³-hybridized carbons (Fsp3) is 0.250. The molecule has 1 aromatic heterocycles. The van der Waals surface area contributed by atoms with Crippen molar-refractivity contribution in [1.82, 2.24) is 14.5 Å². The van der Waals surface area contributed by atoms with Gasteiger partial charge in [0, 0.05) is 11.5 Å². The van der Waals surface area contributed by atoms with Crippen LogP contribution in [0.25, 0.3) is 0 Å². The summed E-state index contributed by atoms with van der Waals surface area (Å²) in [6.45, 7) is -0.498. The number of carbonyl (C=O) groups excluding carboxylic acids is 1. The molecule has 0 aliphatic carbocycles. The molecule has 1 N–H and O–H groups in total. The molecule has 0 saturated heterocycles. The maximum Gasteiger partial charge on any atom is 0.291 e. The lowest BCUT2D eigenvalue weighted by Crippen LogP contribution is -2.34. The van der Waals surface area contributed by atoms with Gasteiger partial charge in [-0.25, -0.2) is 17.2 Å². The highest BCUT2D eigenvalue weighted by molar-refractivity contribution is 9.10. The molecule has 12 heteroatoms. The van der Waals surface area contributed by atoms with Gasteiger partial charge in [-0.1, -0.05) is 27.3 Å². The summed E-state index contributed by atoms with van der Waals surface area (Å²) in [6, 6.07) is 5.92. The molecule has 1 aromatic carbocycles. The average Bonchev–Trinajstić information content (AvgIpc) is 2.96. The van der Waals surface area contributed by atoms with Crippen LogP contribution in [0.5, 0.6) is 0 Å². The molecular formula is C12H11BrF2N4O3S2. The van der Waals surface area contributed by atoms with Crippen LogP contribution in [0.2, 0.25) is 0 Å². The first kappa shape index (κ1) is 18.8. The number of likely N-dealkylation sites (N-methyl/N-ethyl adjacent to an activating group) is 1. The average molecular weight is 441 g/mol. The molecule has 0 radical (unpaired) electrons. The van der Waals surface area contributed by atoms with Gasteiger partial charge >= 0.3 is 0 Å². The third-order valence-electron chi connectivity index (χ3n) is 2.76. The van der Waals surface area contributed by atoms with E-state index >= 15 is 0 Å². The molecule has 1 amide bonds. The van der Waals surface area contributed by atoms with Gasteiger partial charge in [-0.05, 0) is 24.3 Å². The quantitative estimate of drug-likeness (QED) is 0.744. The second kappa shape index (κ2) is 7.59. The van der Waals surface area contributed by atoms with Crippen LogP contribution in [0.3, 0.4) is 0 Å². The van der Waals surface area contributed by atoms with E-state index < -0.39 is 33.9 Å². The number of nitrogens with zero attached hydrogens (tertiary/aromatic N) is 3. The Morgan fingerprint density at radius 2 is 1.96 bits per heavy atom. The minimum atomic E-state index is -3.85. The van der Waals surface area contributed by atoms with Gasteiger partial charge in [-0.15, -0.1) is 10.2 Å². The minimum absolute atomic E-state index is 0.0249.